The van der Waals surface area contributed by atoms with Gasteiger partial charge >= 0.3 is 5.97 Å². The molecule has 0 amide bonds. The standard InChI is InChI=1S/C16H23O2P/c1-2-15(16(17)18)19(11-7-4-8-12-19)13-14-9-5-3-6-10-14/h3,5-6,9-10,15H,2,4,7-8,11-13H2,1H3/p+1. The summed E-state index contributed by atoms with van der Waals surface area (Å²) in [5, 5.41) is 9.60. The van der Waals surface area contributed by atoms with Gasteiger partial charge in [-0.25, -0.2) is 4.79 Å². The van der Waals surface area contributed by atoms with Crippen LogP contribution in [0.1, 0.15) is 38.2 Å². The van der Waals surface area contributed by atoms with E-state index in [0.29, 0.717) is 0 Å². The molecule has 1 atom stereocenters. The lowest BCUT2D eigenvalue weighted by Gasteiger charge is -2.35. The van der Waals surface area contributed by atoms with Crippen molar-refractivity contribution in [2.24, 2.45) is 0 Å². The van der Waals surface area contributed by atoms with Crippen LogP contribution in [0, 0.1) is 0 Å². The number of carboxylic acids is 1. The molecular weight excluding hydrogens is 255 g/mol. The van der Waals surface area contributed by atoms with Crippen molar-refractivity contribution < 1.29 is 9.90 Å². The second kappa shape index (κ2) is 6.52. The van der Waals surface area contributed by atoms with Crippen molar-refractivity contribution in [2.75, 3.05) is 12.3 Å². The molecule has 0 saturated carbocycles. The Morgan fingerprint density at radius 1 is 1.21 bits per heavy atom. The van der Waals surface area contributed by atoms with Crippen molar-refractivity contribution in [3.8, 4) is 0 Å². The van der Waals surface area contributed by atoms with Gasteiger partial charge in [0.05, 0.1) is 18.5 Å². The maximum absolute atomic E-state index is 11.7. The fourth-order valence-corrected chi connectivity index (χ4v) is 8.74. The van der Waals surface area contributed by atoms with Crippen LogP contribution in [0.25, 0.3) is 0 Å². The molecule has 3 heteroatoms. The second-order valence-electron chi connectivity index (χ2n) is 5.63. The lowest BCUT2D eigenvalue weighted by Crippen LogP contribution is -2.30. The molecule has 1 aromatic rings. The number of benzene rings is 1. The summed E-state index contributed by atoms with van der Waals surface area (Å²) in [4.78, 5) is 11.7. The Hall–Kier alpha value is -0.880. The van der Waals surface area contributed by atoms with Gasteiger partial charge in [-0.05, 0) is 31.2 Å². The lowest BCUT2D eigenvalue weighted by atomic mass is 10.2. The molecule has 104 valence electrons. The molecule has 2 rings (SSSR count). The normalized spacial score (nSPS) is 19.8. The molecule has 0 bridgehead atoms. The summed E-state index contributed by atoms with van der Waals surface area (Å²) < 4.78 is 0. The first-order valence-electron chi connectivity index (χ1n) is 7.30. The molecule has 1 aliphatic heterocycles. The third-order valence-corrected chi connectivity index (χ3v) is 9.70. The van der Waals surface area contributed by atoms with E-state index in [9.17, 15) is 9.90 Å². The summed E-state index contributed by atoms with van der Waals surface area (Å²) in [7, 11) is -1.38. The minimum atomic E-state index is -1.38. The molecule has 1 aliphatic rings. The molecule has 2 nitrogen and oxygen atoms in total. The van der Waals surface area contributed by atoms with Gasteiger partial charge in [-0.2, -0.15) is 0 Å². The fourth-order valence-electron chi connectivity index (χ4n) is 3.47. The molecule has 0 radical (unpaired) electrons. The van der Waals surface area contributed by atoms with E-state index >= 15 is 0 Å². The monoisotopic (exact) mass is 279 g/mol. The van der Waals surface area contributed by atoms with Gasteiger partial charge in [0.15, 0.2) is 5.66 Å². The van der Waals surface area contributed by atoms with Crippen LogP contribution in [-0.2, 0) is 11.0 Å². The SMILES string of the molecule is CCC(C(=O)O)[P+]1(Cc2ccccc2)CCCCC1. The van der Waals surface area contributed by atoms with Crippen LogP contribution in [0.4, 0.5) is 0 Å². The quantitative estimate of drug-likeness (QED) is 0.818. The van der Waals surface area contributed by atoms with E-state index < -0.39 is 13.2 Å². The van der Waals surface area contributed by atoms with Crippen LogP contribution >= 0.6 is 7.26 Å². The van der Waals surface area contributed by atoms with Gasteiger partial charge in [0.1, 0.15) is 0 Å². The van der Waals surface area contributed by atoms with E-state index in [4.69, 9.17) is 0 Å². The number of hydrogen-bond donors (Lipinski definition) is 1. The topological polar surface area (TPSA) is 37.3 Å². The van der Waals surface area contributed by atoms with Crippen LogP contribution in [-0.4, -0.2) is 29.1 Å². The predicted octanol–water partition coefficient (Wildman–Crippen LogP) is 4.25. The summed E-state index contributed by atoms with van der Waals surface area (Å²) in [5.41, 5.74) is 1.24. The van der Waals surface area contributed by atoms with E-state index in [1.807, 2.05) is 13.0 Å². The Balaban J connectivity index is 2.26. The third-order valence-electron chi connectivity index (χ3n) is 4.38. The van der Waals surface area contributed by atoms with E-state index in [0.717, 1.165) is 12.6 Å². The van der Waals surface area contributed by atoms with Crippen molar-refractivity contribution in [3.05, 3.63) is 35.9 Å². The Kier molecular flexibility index (Phi) is 4.99. The summed E-state index contributed by atoms with van der Waals surface area (Å²) in [6.45, 7) is 2.04. The highest BCUT2D eigenvalue weighted by Gasteiger charge is 2.49. The van der Waals surface area contributed by atoms with E-state index in [2.05, 4.69) is 24.3 Å². The first-order chi connectivity index (χ1) is 9.18. The fraction of sp³-hybridized carbons (Fsp3) is 0.562. The number of aliphatic carboxylic acids is 1. The third kappa shape index (κ3) is 3.36. The van der Waals surface area contributed by atoms with Crippen molar-refractivity contribution in [1.82, 2.24) is 0 Å². The van der Waals surface area contributed by atoms with E-state index in [-0.39, 0.29) is 5.66 Å². The zero-order chi connectivity index (χ0) is 13.7. The first kappa shape index (κ1) is 14.5. The minimum absolute atomic E-state index is 0.0898. The maximum atomic E-state index is 11.7. The van der Waals surface area contributed by atoms with E-state index in [1.54, 1.807) is 0 Å². The highest BCUT2D eigenvalue weighted by molar-refractivity contribution is 7.76. The zero-order valence-electron chi connectivity index (χ0n) is 11.7. The highest BCUT2D eigenvalue weighted by atomic mass is 31.2. The Bertz CT molecular complexity index is 410. The van der Waals surface area contributed by atoms with Gasteiger partial charge in [0.25, 0.3) is 0 Å². The second-order valence-corrected chi connectivity index (χ2v) is 9.90. The van der Waals surface area contributed by atoms with Crippen LogP contribution < -0.4 is 0 Å². The zero-order valence-corrected chi connectivity index (χ0v) is 12.6. The molecular formula is C16H24O2P+. The molecule has 1 N–H and O–H groups in total. The summed E-state index contributed by atoms with van der Waals surface area (Å²) in [6.07, 6.45) is 7.90. The molecule has 1 aromatic carbocycles. The van der Waals surface area contributed by atoms with E-state index in [1.165, 1.54) is 37.1 Å². The number of rotatable bonds is 5. The Morgan fingerprint density at radius 2 is 1.84 bits per heavy atom. The number of carboxylic acid groups (broad SMARTS) is 1. The molecule has 1 heterocycles. The predicted molar refractivity (Wildman–Crippen MR) is 82.4 cm³/mol. The van der Waals surface area contributed by atoms with Crippen LogP contribution in [0.3, 0.4) is 0 Å². The summed E-state index contributed by atoms with van der Waals surface area (Å²) in [6, 6.07) is 10.5. The molecule has 0 aliphatic carbocycles. The number of hydrogen-bond acceptors (Lipinski definition) is 1. The van der Waals surface area contributed by atoms with Gasteiger partial charge in [0, 0.05) is 7.26 Å². The largest absolute Gasteiger partial charge is 0.478 e. The van der Waals surface area contributed by atoms with Crippen molar-refractivity contribution in [2.45, 2.75) is 44.4 Å². The Morgan fingerprint density at radius 3 is 2.37 bits per heavy atom. The summed E-state index contributed by atoms with van der Waals surface area (Å²) >= 11 is 0. The molecule has 1 unspecified atom stereocenters. The molecule has 1 saturated heterocycles. The molecule has 1 fully saturated rings. The molecule has 0 aromatic heterocycles. The lowest BCUT2D eigenvalue weighted by molar-refractivity contribution is -0.136. The van der Waals surface area contributed by atoms with Crippen LogP contribution in [0.15, 0.2) is 30.3 Å². The van der Waals surface area contributed by atoms with Crippen LogP contribution in [0.5, 0.6) is 0 Å². The molecule has 19 heavy (non-hydrogen) atoms. The Labute approximate surface area is 116 Å². The summed E-state index contributed by atoms with van der Waals surface area (Å²) in [5.74, 6) is -0.561. The van der Waals surface area contributed by atoms with Gasteiger partial charge in [-0.15, -0.1) is 0 Å². The van der Waals surface area contributed by atoms with Gasteiger partial charge < -0.3 is 5.11 Å². The van der Waals surface area contributed by atoms with Gasteiger partial charge in [-0.3, -0.25) is 0 Å². The van der Waals surface area contributed by atoms with Crippen molar-refractivity contribution in [3.63, 3.8) is 0 Å². The number of carbonyl (C=O) groups is 1. The van der Waals surface area contributed by atoms with Crippen LogP contribution in [0.2, 0.25) is 0 Å². The highest BCUT2D eigenvalue weighted by Crippen LogP contribution is 2.68. The minimum Gasteiger partial charge on any atom is -0.478 e. The average Bonchev–Trinajstić information content (AvgIpc) is 2.41. The first-order valence-corrected chi connectivity index (χ1v) is 9.72. The average molecular weight is 279 g/mol. The van der Waals surface area contributed by atoms with Crippen molar-refractivity contribution >= 4 is 13.2 Å². The molecule has 0 spiro atoms. The van der Waals surface area contributed by atoms with Gasteiger partial charge in [0.2, 0.25) is 0 Å². The van der Waals surface area contributed by atoms with Gasteiger partial charge in [-0.1, -0.05) is 37.3 Å². The smallest absolute Gasteiger partial charge is 0.344 e. The van der Waals surface area contributed by atoms with Crippen molar-refractivity contribution in [1.29, 1.82) is 0 Å². The maximum Gasteiger partial charge on any atom is 0.344 e.